The first kappa shape index (κ1) is 16.2. The molecule has 0 fully saturated rings. The van der Waals surface area contributed by atoms with Crippen molar-refractivity contribution in [2.45, 2.75) is 13.0 Å². The number of nitrogens with two attached hydrogens (primary N) is 1. The molecule has 20 heavy (non-hydrogen) atoms. The Morgan fingerprint density at radius 1 is 1.55 bits per heavy atom. The molecule has 0 aliphatic carbocycles. The molecular weight excluding hydrogens is 284 g/mol. The van der Waals surface area contributed by atoms with Crippen molar-refractivity contribution < 1.29 is 9.72 Å². The van der Waals surface area contributed by atoms with Crippen LogP contribution in [0.1, 0.15) is 17.3 Å². The van der Waals surface area contributed by atoms with Crippen LogP contribution in [0.25, 0.3) is 0 Å². The lowest BCUT2D eigenvalue weighted by atomic mass is 10.1. The molecule has 0 spiro atoms. The van der Waals surface area contributed by atoms with Gasteiger partial charge in [-0.15, -0.1) is 0 Å². The summed E-state index contributed by atoms with van der Waals surface area (Å²) in [6.45, 7) is 2.36. The maximum atomic E-state index is 12.0. The summed E-state index contributed by atoms with van der Waals surface area (Å²) in [5, 5.41) is 13.5. The Morgan fingerprint density at radius 3 is 2.65 bits per heavy atom. The monoisotopic (exact) mass is 300 g/mol. The van der Waals surface area contributed by atoms with E-state index in [0.29, 0.717) is 6.54 Å². The second-order valence-electron chi connectivity index (χ2n) is 4.67. The zero-order chi connectivity index (χ0) is 15.4. The number of benzene rings is 1. The number of nitrogens with zero attached hydrogens (tertiary/aromatic N) is 2. The van der Waals surface area contributed by atoms with Crippen LogP contribution in [0.4, 0.5) is 11.4 Å². The molecule has 1 aromatic rings. The molecule has 0 aliphatic rings. The van der Waals surface area contributed by atoms with Crippen LogP contribution in [0.3, 0.4) is 0 Å². The Hall–Kier alpha value is -1.86. The normalized spacial score (nSPS) is 12.2. The highest BCUT2D eigenvalue weighted by atomic mass is 35.5. The van der Waals surface area contributed by atoms with E-state index in [9.17, 15) is 14.9 Å². The molecule has 1 rings (SSSR count). The molecule has 8 heteroatoms. The summed E-state index contributed by atoms with van der Waals surface area (Å²) in [7, 11) is 3.78. The number of nitro groups is 1. The van der Waals surface area contributed by atoms with E-state index >= 15 is 0 Å². The van der Waals surface area contributed by atoms with Crippen LogP contribution in [-0.2, 0) is 0 Å². The number of carbonyl (C=O) groups excluding carboxylic acids is 1. The number of hydrogen-bond acceptors (Lipinski definition) is 5. The first-order chi connectivity index (χ1) is 9.23. The van der Waals surface area contributed by atoms with Gasteiger partial charge >= 0.3 is 0 Å². The lowest BCUT2D eigenvalue weighted by molar-refractivity contribution is -0.383. The van der Waals surface area contributed by atoms with Gasteiger partial charge in [0, 0.05) is 24.2 Å². The predicted molar refractivity (Wildman–Crippen MR) is 78.0 cm³/mol. The molecule has 0 heterocycles. The van der Waals surface area contributed by atoms with Gasteiger partial charge in [0.1, 0.15) is 5.69 Å². The molecule has 0 radical (unpaired) electrons. The van der Waals surface area contributed by atoms with Crippen molar-refractivity contribution in [1.82, 2.24) is 10.2 Å². The smallest absolute Gasteiger partial charge is 0.294 e. The number of nitrogen functional groups attached to an aromatic ring is 1. The molecule has 0 aromatic heterocycles. The van der Waals surface area contributed by atoms with E-state index in [1.54, 1.807) is 0 Å². The minimum absolute atomic E-state index is 0.00925. The van der Waals surface area contributed by atoms with Gasteiger partial charge in [-0.2, -0.15) is 0 Å². The van der Waals surface area contributed by atoms with Crippen molar-refractivity contribution in [3.8, 4) is 0 Å². The number of carbonyl (C=O) groups is 1. The average molecular weight is 301 g/mol. The van der Waals surface area contributed by atoms with Gasteiger partial charge in [-0.05, 0) is 27.1 Å². The number of anilines is 1. The Bertz CT molecular complexity index is 534. The largest absolute Gasteiger partial charge is 0.392 e. The number of nitro benzene ring substituents is 1. The Labute approximate surface area is 121 Å². The van der Waals surface area contributed by atoms with Gasteiger partial charge in [-0.3, -0.25) is 14.9 Å². The lowest BCUT2D eigenvalue weighted by Crippen LogP contribution is -2.38. The standard InChI is InChI=1S/C12H17ClN4O3/c1-7(16(2)3)6-15-12(18)8-4-9(13)11(14)10(5-8)17(19)20/h4-5,7H,6,14H2,1-3H3,(H,15,18). The Balaban J connectivity index is 2.91. The number of hydrogen-bond donors (Lipinski definition) is 2. The van der Waals surface area contributed by atoms with E-state index in [0.717, 1.165) is 6.07 Å². The van der Waals surface area contributed by atoms with Crippen molar-refractivity contribution >= 4 is 28.9 Å². The molecule has 0 aliphatic heterocycles. The summed E-state index contributed by atoms with van der Waals surface area (Å²) >= 11 is 5.80. The van der Waals surface area contributed by atoms with Gasteiger partial charge in [-0.25, -0.2) is 0 Å². The SMILES string of the molecule is CC(CNC(=O)c1cc(Cl)c(N)c([N+](=O)[O-])c1)N(C)C. The Morgan fingerprint density at radius 2 is 2.15 bits per heavy atom. The van der Waals surface area contributed by atoms with E-state index in [4.69, 9.17) is 17.3 Å². The van der Waals surface area contributed by atoms with Gasteiger partial charge in [0.15, 0.2) is 0 Å². The topological polar surface area (TPSA) is 102 Å². The van der Waals surface area contributed by atoms with Crippen molar-refractivity contribution in [2.75, 3.05) is 26.4 Å². The Kier molecular flexibility index (Phi) is 5.29. The number of rotatable bonds is 5. The van der Waals surface area contributed by atoms with Crippen LogP contribution >= 0.6 is 11.6 Å². The van der Waals surface area contributed by atoms with Gasteiger partial charge in [0.05, 0.1) is 9.95 Å². The molecule has 1 atom stereocenters. The number of amides is 1. The molecule has 1 unspecified atom stereocenters. The molecule has 1 amide bonds. The number of halogens is 1. The molecule has 3 N–H and O–H groups in total. The molecule has 1 aromatic carbocycles. The van der Waals surface area contributed by atoms with E-state index < -0.39 is 10.8 Å². The zero-order valence-corrected chi connectivity index (χ0v) is 12.3. The van der Waals surface area contributed by atoms with Crippen LogP contribution in [0, 0.1) is 10.1 Å². The van der Waals surface area contributed by atoms with Gasteiger partial charge in [-0.1, -0.05) is 11.6 Å². The van der Waals surface area contributed by atoms with Gasteiger partial charge in [0.2, 0.25) is 0 Å². The van der Waals surface area contributed by atoms with E-state index in [-0.39, 0.29) is 28.0 Å². The van der Waals surface area contributed by atoms with Crippen molar-refractivity contribution in [3.05, 3.63) is 32.8 Å². The minimum atomic E-state index is -0.666. The van der Waals surface area contributed by atoms with Gasteiger partial charge in [0.25, 0.3) is 11.6 Å². The van der Waals surface area contributed by atoms with Crippen molar-refractivity contribution in [3.63, 3.8) is 0 Å². The first-order valence-electron chi connectivity index (χ1n) is 5.92. The molecule has 0 saturated heterocycles. The molecule has 110 valence electrons. The fourth-order valence-electron chi connectivity index (χ4n) is 1.41. The third-order valence-electron chi connectivity index (χ3n) is 3.01. The second-order valence-corrected chi connectivity index (χ2v) is 5.08. The van der Waals surface area contributed by atoms with Crippen LogP contribution in [0.15, 0.2) is 12.1 Å². The highest BCUT2D eigenvalue weighted by Crippen LogP contribution is 2.30. The zero-order valence-electron chi connectivity index (χ0n) is 11.5. The second kappa shape index (κ2) is 6.53. The van der Waals surface area contributed by atoms with Crippen LogP contribution in [-0.4, -0.2) is 42.4 Å². The van der Waals surface area contributed by atoms with E-state index in [1.165, 1.54) is 6.07 Å². The molecule has 0 saturated carbocycles. The molecule has 7 nitrogen and oxygen atoms in total. The third-order valence-corrected chi connectivity index (χ3v) is 3.32. The first-order valence-corrected chi connectivity index (χ1v) is 6.29. The van der Waals surface area contributed by atoms with E-state index in [2.05, 4.69) is 5.32 Å². The maximum absolute atomic E-state index is 12.0. The highest BCUT2D eigenvalue weighted by Gasteiger charge is 2.19. The average Bonchev–Trinajstić information content (AvgIpc) is 2.37. The minimum Gasteiger partial charge on any atom is -0.392 e. The van der Waals surface area contributed by atoms with Crippen molar-refractivity contribution in [2.24, 2.45) is 0 Å². The summed E-state index contributed by atoms with van der Waals surface area (Å²) < 4.78 is 0. The van der Waals surface area contributed by atoms with E-state index in [1.807, 2.05) is 25.9 Å². The summed E-state index contributed by atoms with van der Waals surface area (Å²) in [6, 6.07) is 2.58. The summed E-state index contributed by atoms with van der Waals surface area (Å²) in [5.41, 5.74) is 5.10. The summed E-state index contributed by atoms with van der Waals surface area (Å²) in [6.07, 6.45) is 0. The number of likely N-dealkylation sites (N-methyl/N-ethyl adjacent to an activating group) is 1. The van der Waals surface area contributed by atoms with Crippen LogP contribution in [0.2, 0.25) is 5.02 Å². The fraction of sp³-hybridized carbons (Fsp3) is 0.417. The third kappa shape index (κ3) is 3.82. The summed E-state index contributed by atoms with van der Waals surface area (Å²) in [5.74, 6) is -0.427. The predicted octanol–water partition coefficient (Wildman–Crippen LogP) is 1.51. The lowest BCUT2D eigenvalue weighted by Gasteiger charge is -2.20. The fourth-order valence-corrected chi connectivity index (χ4v) is 1.62. The van der Waals surface area contributed by atoms with Crippen LogP contribution < -0.4 is 11.1 Å². The highest BCUT2D eigenvalue weighted by molar-refractivity contribution is 6.34. The van der Waals surface area contributed by atoms with Crippen LogP contribution in [0.5, 0.6) is 0 Å². The summed E-state index contributed by atoms with van der Waals surface area (Å²) in [4.78, 5) is 24.1. The molecular formula is C12H17ClN4O3. The molecule has 0 bridgehead atoms. The number of nitrogens with one attached hydrogen (secondary N) is 1. The quantitative estimate of drug-likeness (QED) is 0.487. The van der Waals surface area contributed by atoms with Crippen molar-refractivity contribution in [1.29, 1.82) is 0 Å². The van der Waals surface area contributed by atoms with Gasteiger partial charge < -0.3 is 16.0 Å². The maximum Gasteiger partial charge on any atom is 0.294 e.